The summed E-state index contributed by atoms with van der Waals surface area (Å²) in [4.78, 5) is 52.2. The molecule has 6 aromatic rings. The van der Waals surface area contributed by atoms with Crippen molar-refractivity contribution in [1.29, 1.82) is 0 Å². The predicted molar refractivity (Wildman–Crippen MR) is 282 cm³/mol. The molecule has 3 aliphatic rings. The first kappa shape index (κ1) is 52.3. The van der Waals surface area contributed by atoms with Crippen LogP contribution in [0, 0.1) is 6.92 Å². The lowest BCUT2D eigenvalue weighted by Gasteiger charge is -2.40. The summed E-state index contributed by atoms with van der Waals surface area (Å²) in [6, 6.07) is 27.4. The number of nitrogens with one attached hydrogen (secondary N) is 1. The van der Waals surface area contributed by atoms with Crippen molar-refractivity contribution < 1.29 is 37.0 Å². The molecule has 9 rings (SSSR count). The van der Waals surface area contributed by atoms with E-state index in [1.165, 1.54) is 35.0 Å². The summed E-state index contributed by atoms with van der Waals surface area (Å²) < 4.78 is 49.3. The van der Waals surface area contributed by atoms with Gasteiger partial charge in [0.1, 0.15) is 12.4 Å². The highest BCUT2D eigenvalue weighted by Gasteiger charge is 2.35. The maximum Gasteiger partial charge on any atom is 0.276 e. The van der Waals surface area contributed by atoms with Crippen molar-refractivity contribution in [2.24, 2.45) is 0 Å². The number of morpholine rings is 2. The predicted octanol–water partition coefficient (Wildman–Crippen LogP) is 8.47. The Morgan fingerprint density at radius 3 is 2.32 bits per heavy atom. The highest BCUT2D eigenvalue weighted by atomic mass is 35.5. The first-order valence-corrected chi connectivity index (χ1v) is 27.2. The van der Waals surface area contributed by atoms with Crippen LogP contribution in [0.5, 0.6) is 5.75 Å². The van der Waals surface area contributed by atoms with Crippen LogP contribution in [0.15, 0.2) is 102 Å². The second-order valence-corrected chi connectivity index (χ2v) is 21.4. The van der Waals surface area contributed by atoms with E-state index in [1.54, 1.807) is 47.1 Å². The quantitative estimate of drug-likeness (QED) is 0.0936. The number of carbonyl (C=O) groups excluding carboxylic acids is 3. The van der Waals surface area contributed by atoms with Crippen molar-refractivity contribution in [2.75, 3.05) is 78.8 Å². The fraction of sp³-hybridized carbons (Fsp3) is 0.370. The highest BCUT2D eigenvalue weighted by molar-refractivity contribution is 7.90. The van der Waals surface area contributed by atoms with Crippen LogP contribution in [-0.2, 0) is 39.0 Å². The van der Waals surface area contributed by atoms with Crippen LogP contribution >= 0.6 is 34.8 Å². The van der Waals surface area contributed by atoms with Gasteiger partial charge in [0.25, 0.3) is 27.7 Å². The Morgan fingerprint density at radius 2 is 1.58 bits per heavy atom. The van der Waals surface area contributed by atoms with E-state index in [0.29, 0.717) is 105 Å². The fourth-order valence-corrected chi connectivity index (χ4v) is 11.1. The molecule has 0 radical (unpaired) electrons. The minimum atomic E-state index is -4.47. The van der Waals surface area contributed by atoms with Gasteiger partial charge >= 0.3 is 0 Å². The van der Waals surface area contributed by atoms with Gasteiger partial charge in [-0.2, -0.15) is 5.10 Å². The van der Waals surface area contributed by atoms with Crippen LogP contribution in [-0.4, -0.2) is 140 Å². The molecule has 1 unspecified atom stereocenters. The van der Waals surface area contributed by atoms with Crippen molar-refractivity contribution in [3.63, 3.8) is 0 Å². The van der Waals surface area contributed by atoms with Crippen molar-refractivity contribution >= 4 is 73.3 Å². The number of hydrogen-bond donors (Lipinski definition) is 1. The Balaban J connectivity index is 1.06. The summed E-state index contributed by atoms with van der Waals surface area (Å²) in [6.45, 7) is 11.8. The van der Waals surface area contributed by atoms with Gasteiger partial charge in [-0.05, 0) is 90.4 Å². The third-order valence-electron chi connectivity index (χ3n) is 13.7. The lowest BCUT2D eigenvalue weighted by atomic mass is 9.92. The Kier molecular flexibility index (Phi) is 16.7. The van der Waals surface area contributed by atoms with Crippen LogP contribution in [0.4, 0.5) is 0 Å². The van der Waals surface area contributed by atoms with E-state index < -0.39 is 27.7 Å². The molecule has 1 aromatic heterocycles. The molecule has 2 fully saturated rings. The summed E-state index contributed by atoms with van der Waals surface area (Å²) in [6.07, 6.45) is 2.11. The zero-order chi connectivity index (χ0) is 51.2. The number of hydrogen-bond acceptors (Lipinski definition) is 11. The third-order valence-corrected chi connectivity index (χ3v) is 16.2. The molecule has 15 nitrogen and oxygen atoms in total. The molecule has 2 saturated heterocycles. The molecule has 19 heteroatoms. The van der Waals surface area contributed by atoms with E-state index in [9.17, 15) is 18.0 Å². The minimum Gasteiger partial charge on any atom is -0.492 e. The summed E-state index contributed by atoms with van der Waals surface area (Å²) >= 11 is 19.6. The Bertz CT molecular complexity index is 3120. The number of fused-ring (bicyclic) bond motifs is 2. The number of unbranched alkanes of at least 4 members (excludes halogenated alkanes) is 1. The Labute approximate surface area is 440 Å². The SMILES string of the molecule is CCCCN(Cc1ccc(Cl)c(Cl)c1)C(=O)c1nn(-c2ccc(C(=O)NS(=O)(=O)c3ccc4cccc(OCCN5CCOCC5)c4c3)cc2C(=O)N2Cc3ccccc3CC2CN2CCOCC2)c(C)c1Cl. The van der Waals surface area contributed by atoms with E-state index in [0.717, 1.165) is 41.6 Å². The molecule has 3 amide bonds. The fourth-order valence-electron chi connectivity index (χ4n) is 9.59. The summed E-state index contributed by atoms with van der Waals surface area (Å²) in [5.41, 5.74) is 3.43. The number of carbonyl (C=O) groups is 3. The van der Waals surface area contributed by atoms with Gasteiger partial charge in [0, 0.05) is 75.9 Å². The van der Waals surface area contributed by atoms with E-state index in [1.807, 2.05) is 37.3 Å². The smallest absolute Gasteiger partial charge is 0.276 e. The van der Waals surface area contributed by atoms with Crippen LogP contribution in [0.25, 0.3) is 16.5 Å². The van der Waals surface area contributed by atoms with Gasteiger partial charge < -0.3 is 24.0 Å². The molecule has 0 bridgehead atoms. The van der Waals surface area contributed by atoms with Crippen molar-refractivity contribution in [2.45, 2.75) is 57.1 Å². The molecule has 1 atom stereocenters. The topological polar surface area (TPSA) is 156 Å². The molecule has 73 heavy (non-hydrogen) atoms. The Morgan fingerprint density at radius 1 is 0.836 bits per heavy atom. The van der Waals surface area contributed by atoms with Gasteiger partial charge in [0.2, 0.25) is 0 Å². The molecular weight excluding hydrogens is 1010 g/mol. The molecule has 0 spiro atoms. The van der Waals surface area contributed by atoms with Crippen molar-refractivity contribution in [1.82, 2.24) is 34.1 Å². The number of rotatable bonds is 17. The second-order valence-electron chi connectivity index (χ2n) is 18.6. The van der Waals surface area contributed by atoms with Crippen molar-refractivity contribution in [3.8, 4) is 11.4 Å². The number of amides is 3. The van der Waals surface area contributed by atoms with Gasteiger partial charge in [-0.15, -0.1) is 0 Å². The van der Waals surface area contributed by atoms with E-state index >= 15 is 4.79 Å². The molecule has 0 saturated carbocycles. The summed E-state index contributed by atoms with van der Waals surface area (Å²) in [5.74, 6) is -1.29. The standard InChI is InChI=1S/C54H58Cl3N7O8S/c1-3-4-18-62(33-37-12-16-46(55)47(56)29-37)54(67)51-50(57)36(2)64(58-51)48-17-14-40(31-45(48)53(66)63-34-41-9-6-5-8-39(41)30-42(63)35-61-21-26-71-27-22-61)52(65)59-73(68,69)43-15-13-38-10-7-11-49(44(38)32-43)72-28-23-60-19-24-70-25-20-60/h5-17,29,31-32,42H,3-4,18-28,30,33-35H2,1-2H3,(H,59,65). The van der Waals surface area contributed by atoms with Crippen LogP contribution in [0.2, 0.25) is 15.1 Å². The van der Waals surface area contributed by atoms with E-state index in [2.05, 4.69) is 20.6 Å². The summed E-state index contributed by atoms with van der Waals surface area (Å²) in [5, 5.41) is 6.98. The first-order chi connectivity index (χ1) is 35.3. The normalized spacial score (nSPS) is 16.6. The van der Waals surface area contributed by atoms with Crippen molar-refractivity contribution in [3.05, 3.63) is 151 Å². The Hall–Kier alpha value is -5.56. The van der Waals surface area contributed by atoms with Crippen LogP contribution in [0.3, 0.4) is 0 Å². The molecule has 1 N–H and O–H groups in total. The second kappa shape index (κ2) is 23.3. The number of benzene rings is 5. The van der Waals surface area contributed by atoms with E-state index in [-0.39, 0.29) is 51.6 Å². The molecule has 5 aromatic carbocycles. The average Bonchev–Trinajstić information content (AvgIpc) is 3.70. The van der Waals surface area contributed by atoms with Crippen LogP contribution < -0.4 is 9.46 Å². The zero-order valence-corrected chi connectivity index (χ0v) is 43.9. The van der Waals surface area contributed by atoms with Gasteiger partial charge in [0.15, 0.2) is 5.69 Å². The molecule has 4 heterocycles. The number of aromatic nitrogens is 2. The maximum atomic E-state index is 15.5. The largest absolute Gasteiger partial charge is 0.492 e. The summed E-state index contributed by atoms with van der Waals surface area (Å²) in [7, 11) is -4.47. The number of ether oxygens (including phenoxy) is 3. The van der Waals surface area contributed by atoms with E-state index in [4.69, 9.17) is 54.1 Å². The van der Waals surface area contributed by atoms with Gasteiger partial charge in [-0.3, -0.25) is 24.2 Å². The average molecular weight is 1070 g/mol. The molecule has 3 aliphatic heterocycles. The first-order valence-electron chi connectivity index (χ1n) is 24.6. The molecule has 384 valence electrons. The maximum absolute atomic E-state index is 15.5. The monoisotopic (exact) mass is 1070 g/mol. The number of halogens is 3. The lowest BCUT2D eigenvalue weighted by Crippen LogP contribution is -2.52. The number of sulfonamides is 1. The molecular formula is C54H58Cl3N7O8S. The third kappa shape index (κ3) is 12.0. The van der Waals surface area contributed by atoms with Gasteiger partial charge in [-0.25, -0.2) is 17.8 Å². The minimum absolute atomic E-state index is 0.0280. The molecule has 0 aliphatic carbocycles. The highest BCUT2D eigenvalue weighted by Crippen LogP contribution is 2.33. The van der Waals surface area contributed by atoms with Crippen LogP contribution in [0.1, 0.15) is 73.4 Å². The van der Waals surface area contributed by atoms with Gasteiger partial charge in [-0.1, -0.05) is 96.7 Å². The lowest BCUT2D eigenvalue weighted by molar-refractivity contribution is 0.0192. The zero-order valence-electron chi connectivity index (χ0n) is 40.8. The van der Waals surface area contributed by atoms with Gasteiger partial charge in [0.05, 0.1) is 63.3 Å². The number of nitrogens with zero attached hydrogens (tertiary/aromatic N) is 6.